The summed E-state index contributed by atoms with van der Waals surface area (Å²) in [5.41, 5.74) is -4.71. The minimum atomic E-state index is -5.13. The van der Waals surface area contributed by atoms with E-state index in [0.717, 1.165) is 31.3 Å². The first-order valence-electron chi connectivity index (χ1n) is 14.6. The second-order valence-electron chi connectivity index (χ2n) is 11.7. The third kappa shape index (κ3) is 7.90. The Labute approximate surface area is 262 Å². The van der Waals surface area contributed by atoms with Crippen molar-refractivity contribution < 1.29 is 49.0 Å². The highest BCUT2D eigenvalue weighted by molar-refractivity contribution is 5.90. The van der Waals surface area contributed by atoms with Crippen LogP contribution in [-0.4, -0.2) is 63.0 Å². The largest absolute Gasteiger partial charge is 0.446 e. The number of carbonyl (C=O) groups excluding carboxylic acids is 1. The zero-order valence-corrected chi connectivity index (χ0v) is 25.3. The van der Waals surface area contributed by atoms with Crippen LogP contribution in [0.5, 0.6) is 0 Å². The molecule has 2 atom stereocenters. The van der Waals surface area contributed by atoms with Crippen molar-refractivity contribution in [2.24, 2.45) is 0 Å². The van der Waals surface area contributed by atoms with Crippen molar-refractivity contribution in [2.45, 2.75) is 77.0 Å². The van der Waals surface area contributed by atoms with Gasteiger partial charge in [-0.1, -0.05) is 5.10 Å². The molecule has 47 heavy (non-hydrogen) atoms. The summed E-state index contributed by atoms with van der Waals surface area (Å²) in [7, 11) is 0. The molecule has 2 aliphatic rings. The Morgan fingerprint density at radius 2 is 1.53 bits per heavy atom. The number of aromatic nitrogens is 4. The van der Waals surface area contributed by atoms with E-state index in [2.05, 4.69) is 15.4 Å². The van der Waals surface area contributed by atoms with Crippen LogP contribution in [0.1, 0.15) is 61.1 Å². The Balaban J connectivity index is 1.65. The number of hydrogen-bond acceptors (Lipinski definition) is 7. The molecule has 2 aromatic carbocycles. The first kappa shape index (κ1) is 34.3. The van der Waals surface area contributed by atoms with Crippen LogP contribution in [0.4, 0.5) is 55.9 Å². The number of hydrogen-bond donors (Lipinski definition) is 0. The van der Waals surface area contributed by atoms with Gasteiger partial charge in [-0.15, -0.1) is 5.10 Å². The Kier molecular flexibility index (Phi) is 9.11. The van der Waals surface area contributed by atoms with Gasteiger partial charge in [0, 0.05) is 32.2 Å². The highest BCUT2D eigenvalue weighted by atomic mass is 19.4. The minimum absolute atomic E-state index is 0.0125. The van der Waals surface area contributed by atoms with E-state index in [1.54, 1.807) is 20.8 Å². The Hall–Kier alpha value is -4.09. The maximum Gasteiger partial charge on any atom is 0.416 e. The summed E-state index contributed by atoms with van der Waals surface area (Å²) < 4.78 is 130. The lowest BCUT2D eigenvalue weighted by Crippen LogP contribution is -2.47. The molecule has 9 nitrogen and oxygen atoms in total. The SMILES string of the molecule is CC(C)OC(=O)N1c2ccc(C(F)(F)F)cc2[C@@H](N(Cc2cc(C(F)(F)F)cc(C(F)(F)F)c2)c2nnn(CCN3CC3)n2)C[C@H]1C. The number of tetrazole rings is 1. The van der Waals surface area contributed by atoms with E-state index in [4.69, 9.17) is 4.74 Å². The van der Waals surface area contributed by atoms with Gasteiger partial charge in [-0.2, -0.15) is 44.3 Å². The zero-order valence-electron chi connectivity index (χ0n) is 25.3. The molecule has 1 amide bonds. The van der Waals surface area contributed by atoms with Gasteiger partial charge in [0.2, 0.25) is 0 Å². The highest BCUT2D eigenvalue weighted by Gasteiger charge is 2.42. The molecule has 1 aromatic heterocycles. The van der Waals surface area contributed by atoms with Gasteiger partial charge >= 0.3 is 24.6 Å². The maximum absolute atomic E-state index is 14.0. The zero-order chi connectivity index (χ0) is 34.5. The van der Waals surface area contributed by atoms with Crippen molar-refractivity contribution in [3.8, 4) is 0 Å². The summed E-state index contributed by atoms with van der Waals surface area (Å²) in [6.07, 6.45) is -16.6. The van der Waals surface area contributed by atoms with Crippen molar-refractivity contribution in [3.05, 3.63) is 64.2 Å². The number of halogens is 9. The summed E-state index contributed by atoms with van der Waals surface area (Å²) in [5, 5.41) is 12.3. The number of nitrogens with zero attached hydrogens (tertiary/aromatic N) is 7. The van der Waals surface area contributed by atoms with Crippen LogP contribution in [0.2, 0.25) is 0 Å². The number of anilines is 2. The average molecular weight is 680 g/mol. The molecule has 0 spiro atoms. The molecular formula is C29H30F9N7O2. The molecule has 18 heteroatoms. The van der Waals surface area contributed by atoms with Gasteiger partial charge in [-0.05, 0) is 79.9 Å². The van der Waals surface area contributed by atoms with Crippen LogP contribution >= 0.6 is 0 Å². The van der Waals surface area contributed by atoms with Crippen molar-refractivity contribution in [3.63, 3.8) is 0 Å². The Morgan fingerprint density at radius 1 is 0.915 bits per heavy atom. The van der Waals surface area contributed by atoms with Gasteiger partial charge in [0.15, 0.2) is 0 Å². The topological polar surface area (TPSA) is 79.4 Å². The van der Waals surface area contributed by atoms with Gasteiger partial charge in [-0.3, -0.25) is 9.80 Å². The summed E-state index contributed by atoms with van der Waals surface area (Å²) in [5.74, 6) is -0.236. The van der Waals surface area contributed by atoms with Gasteiger partial charge in [0.1, 0.15) is 0 Å². The number of fused-ring (bicyclic) bond motifs is 1. The fraction of sp³-hybridized carbons (Fsp3) is 0.517. The van der Waals surface area contributed by atoms with E-state index in [1.807, 2.05) is 4.90 Å². The lowest BCUT2D eigenvalue weighted by Gasteiger charge is -2.43. The van der Waals surface area contributed by atoms with Crippen molar-refractivity contribution in [2.75, 3.05) is 29.4 Å². The molecule has 0 N–H and O–H groups in total. The Bertz CT molecular complexity index is 1570. The lowest BCUT2D eigenvalue weighted by molar-refractivity contribution is -0.143. The summed E-state index contributed by atoms with van der Waals surface area (Å²) in [6.45, 7) is 6.62. The van der Waals surface area contributed by atoms with Crippen LogP contribution in [0.25, 0.3) is 0 Å². The molecular weight excluding hydrogens is 649 g/mol. The molecule has 1 fully saturated rings. The monoisotopic (exact) mass is 679 g/mol. The molecule has 0 aliphatic carbocycles. The smallest absolute Gasteiger partial charge is 0.416 e. The van der Waals surface area contributed by atoms with E-state index < -0.39 is 71.6 Å². The van der Waals surface area contributed by atoms with Gasteiger partial charge in [0.25, 0.3) is 5.95 Å². The van der Waals surface area contributed by atoms with Crippen LogP contribution in [0.3, 0.4) is 0 Å². The Morgan fingerprint density at radius 3 is 2.09 bits per heavy atom. The summed E-state index contributed by atoms with van der Waals surface area (Å²) in [4.78, 5) is 18.7. The van der Waals surface area contributed by atoms with Gasteiger partial charge in [-0.25, -0.2) is 4.79 Å². The molecule has 1 saturated heterocycles. The number of benzene rings is 2. The van der Waals surface area contributed by atoms with Crippen LogP contribution < -0.4 is 9.80 Å². The molecule has 3 heterocycles. The molecule has 3 aromatic rings. The number of rotatable bonds is 8. The minimum Gasteiger partial charge on any atom is -0.446 e. The number of alkyl halides is 9. The highest BCUT2D eigenvalue weighted by Crippen LogP contribution is 2.45. The molecule has 0 radical (unpaired) electrons. The predicted molar refractivity (Wildman–Crippen MR) is 149 cm³/mol. The lowest BCUT2D eigenvalue weighted by atomic mass is 9.89. The average Bonchev–Trinajstić information content (AvgIpc) is 3.67. The molecule has 0 bridgehead atoms. The molecule has 0 saturated carbocycles. The first-order valence-corrected chi connectivity index (χ1v) is 14.6. The summed E-state index contributed by atoms with van der Waals surface area (Å²) in [6, 6.07) is 1.83. The quantitative estimate of drug-likeness (QED) is 0.189. The molecule has 2 aliphatic heterocycles. The van der Waals surface area contributed by atoms with Crippen LogP contribution in [0.15, 0.2) is 36.4 Å². The fourth-order valence-electron chi connectivity index (χ4n) is 5.44. The second kappa shape index (κ2) is 12.5. The van der Waals surface area contributed by atoms with E-state index >= 15 is 0 Å². The van der Waals surface area contributed by atoms with Crippen molar-refractivity contribution in [1.82, 2.24) is 25.1 Å². The number of ether oxygens (including phenoxy) is 1. The third-order valence-electron chi connectivity index (χ3n) is 7.74. The van der Waals surface area contributed by atoms with Crippen LogP contribution in [-0.2, 0) is 36.4 Å². The fourth-order valence-corrected chi connectivity index (χ4v) is 5.44. The molecule has 0 unspecified atom stereocenters. The van der Waals surface area contributed by atoms with Crippen molar-refractivity contribution >= 4 is 17.7 Å². The number of amides is 1. The van der Waals surface area contributed by atoms with E-state index in [-0.39, 0.29) is 36.2 Å². The van der Waals surface area contributed by atoms with Crippen LogP contribution in [0, 0.1) is 0 Å². The molecule has 256 valence electrons. The van der Waals surface area contributed by atoms with E-state index in [9.17, 15) is 44.3 Å². The number of carbonyl (C=O) groups is 1. The molecule has 5 rings (SSSR count). The standard InChI is InChI=1S/C29H30F9N7O2/c1-16(2)47-26(46)45-17(3)10-24(22-14-19(27(30,31)32)4-5-23(22)45)43(25-39-41-44(40-25)9-8-42-6-7-42)15-18-11-20(28(33,34)35)13-21(12-18)29(36,37)38/h4-5,11-14,16-17,24H,6-10,15H2,1-3H3/t17-,24+/m1/s1. The van der Waals surface area contributed by atoms with Gasteiger partial charge < -0.3 is 9.64 Å². The second-order valence-corrected chi connectivity index (χ2v) is 11.7. The maximum atomic E-state index is 14.0. The predicted octanol–water partition coefficient (Wildman–Crippen LogP) is 6.94. The first-order chi connectivity index (χ1) is 21.8. The normalized spacial score (nSPS) is 18.8. The van der Waals surface area contributed by atoms with Crippen molar-refractivity contribution in [1.29, 1.82) is 0 Å². The van der Waals surface area contributed by atoms with Gasteiger partial charge in [0.05, 0.1) is 41.1 Å². The van der Waals surface area contributed by atoms with E-state index in [1.165, 1.54) is 14.6 Å². The third-order valence-corrected chi connectivity index (χ3v) is 7.74. The summed E-state index contributed by atoms with van der Waals surface area (Å²) >= 11 is 0. The van der Waals surface area contributed by atoms with E-state index in [0.29, 0.717) is 18.7 Å².